The first-order valence-electron chi connectivity index (χ1n) is 6.54. The van der Waals surface area contributed by atoms with Gasteiger partial charge < -0.3 is 0 Å². The molecule has 0 saturated carbocycles. The van der Waals surface area contributed by atoms with E-state index in [1.165, 1.54) is 26.5 Å². The van der Waals surface area contributed by atoms with Crippen LogP contribution in [0.3, 0.4) is 0 Å². The average Bonchev–Trinajstić information content (AvgIpc) is 1.98. The molecule has 0 aromatic rings. The Bertz CT molecular complexity index is 182. The van der Waals surface area contributed by atoms with Crippen molar-refractivity contribution in [3.8, 4) is 0 Å². The van der Waals surface area contributed by atoms with E-state index in [2.05, 4.69) is 55.4 Å². The molecule has 0 radical (unpaired) electrons. The van der Waals surface area contributed by atoms with Gasteiger partial charge in [0, 0.05) is 0 Å². The first kappa shape index (κ1) is 15.1. The van der Waals surface area contributed by atoms with Crippen molar-refractivity contribution in [3.05, 3.63) is 0 Å². The molecule has 0 aromatic carbocycles. The van der Waals surface area contributed by atoms with Crippen LogP contribution >= 0.6 is 0 Å². The molecule has 0 aliphatic carbocycles. The van der Waals surface area contributed by atoms with E-state index in [4.69, 9.17) is 0 Å². The predicted octanol–water partition coefficient (Wildman–Crippen LogP) is 5.06. The minimum Gasteiger partial charge on any atom is -0.0668 e. The molecular weight excluding hydrogens is 179 g/mol. The van der Waals surface area contributed by atoms with Gasteiger partial charge in [-0.2, -0.15) is 0 Å². The van der Waals surface area contributed by atoms with E-state index in [9.17, 15) is 0 Å². The van der Waals surface area contributed by atoms with Crippen molar-refractivity contribution in [2.45, 2.75) is 85.3 Å². The van der Waals surface area contributed by atoms with Crippen LogP contribution in [0.1, 0.15) is 74.7 Å². The average molecular weight is 210 g/mol. The van der Waals surface area contributed by atoms with Gasteiger partial charge in [0.2, 0.25) is 0 Å². The molecule has 0 amide bonds. The predicted molar refractivity (Wildman–Crippen MR) is 74.2 cm³/mol. The molecule has 0 aliphatic heterocycles. The van der Waals surface area contributed by atoms with Crippen molar-refractivity contribution in [1.82, 2.24) is 0 Å². The molecule has 0 rings (SSSR count). The molecule has 15 heavy (non-hydrogen) atoms. The summed E-state index contributed by atoms with van der Waals surface area (Å²) >= 11 is 0. The van der Waals surface area contributed by atoms with E-state index >= 15 is 0 Å². The van der Waals surface area contributed by atoms with Crippen molar-refractivity contribution in [2.75, 3.05) is 0 Å². The van der Waals surface area contributed by atoms with Crippen LogP contribution in [-0.4, -0.2) is 7.28 Å². The standard InChI is InChI=1S/C14H31B/c1-9-14(8,10-2)15-13(6,7)11-12(3,4)5/h15H,9-11H2,1-8H3. The zero-order chi connectivity index (χ0) is 12.3. The summed E-state index contributed by atoms with van der Waals surface area (Å²) in [6.07, 6.45) is 3.92. The molecular formula is C14H31B. The molecule has 0 spiro atoms. The molecule has 90 valence electrons. The molecule has 0 atom stereocenters. The maximum absolute atomic E-state index is 2.44. The van der Waals surface area contributed by atoms with Crippen molar-refractivity contribution in [3.63, 3.8) is 0 Å². The second-order valence-corrected chi connectivity index (χ2v) is 7.60. The van der Waals surface area contributed by atoms with E-state index in [1.807, 2.05) is 0 Å². The molecule has 0 aromatic heterocycles. The van der Waals surface area contributed by atoms with Crippen molar-refractivity contribution < 1.29 is 0 Å². The van der Waals surface area contributed by atoms with Gasteiger partial charge in [0.05, 0.1) is 0 Å². The lowest BCUT2D eigenvalue weighted by atomic mass is 9.37. The lowest BCUT2D eigenvalue weighted by molar-refractivity contribution is 0.323. The summed E-state index contributed by atoms with van der Waals surface area (Å²) in [4.78, 5) is 0. The first-order valence-corrected chi connectivity index (χ1v) is 6.54. The third-order valence-electron chi connectivity index (χ3n) is 3.62. The van der Waals surface area contributed by atoms with Crippen molar-refractivity contribution >= 4 is 7.28 Å². The van der Waals surface area contributed by atoms with Crippen molar-refractivity contribution in [2.24, 2.45) is 5.41 Å². The number of hydrogen-bond donors (Lipinski definition) is 0. The number of hydrogen-bond acceptors (Lipinski definition) is 0. The highest BCUT2D eigenvalue weighted by molar-refractivity contribution is 6.43. The van der Waals surface area contributed by atoms with Crippen LogP contribution in [0.25, 0.3) is 0 Å². The molecule has 0 bridgehead atoms. The Labute approximate surface area is 98.5 Å². The van der Waals surface area contributed by atoms with Crippen LogP contribution in [0.2, 0.25) is 10.6 Å². The minimum absolute atomic E-state index is 0.450. The van der Waals surface area contributed by atoms with Crippen LogP contribution in [0.5, 0.6) is 0 Å². The fourth-order valence-electron chi connectivity index (χ4n) is 3.15. The van der Waals surface area contributed by atoms with Gasteiger partial charge in [-0.1, -0.05) is 85.3 Å². The Morgan fingerprint density at radius 1 is 0.800 bits per heavy atom. The SMILES string of the molecule is CCC(C)(BC(C)(C)CC(C)(C)C)CC. The second kappa shape index (κ2) is 4.93. The maximum Gasteiger partial charge on any atom is 0.134 e. The first-order chi connectivity index (χ1) is 6.54. The van der Waals surface area contributed by atoms with Gasteiger partial charge in [0.25, 0.3) is 0 Å². The van der Waals surface area contributed by atoms with E-state index in [1.54, 1.807) is 0 Å². The second-order valence-electron chi connectivity index (χ2n) is 7.60. The molecule has 0 aliphatic rings. The van der Waals surface area contributed by atoms with E-state index in [0.717, 1.165) is 0 Å². The molecule has 0 nitrogen and oxygen atoms in total. The van der Waals surface area contributed by atoms with E-state index < -0.39 is 0 Å². The monoisotopic (exact) mass is 210 g/mol. The van der Waals surface area contributed by atoms with Gasteiger partial charge in [-0.05, 0) is 5.41 Å². The highest BCUT2D eigenvalue weighted by Gasteiger charge is 2.34. The van der Waals surface area contributed by atoms with Gasteiger partial charge in [-0.3, -0.25) is 0 Å². The lowest BCUT2D eigenvalue weighted by Crippen LogP contribution is -2.28. The van der Waals surface area contributed by atoms with E-state index in [-0.39, 0.29) is 0 Å². The summed E-state index contributed by atoms with van der Waals surface area (Å²) in [5.74, 6) is 0. The highest BCUT2D eigenvalue weighted by Crippen LogP contribution is 2.46. The summed E-state index contributed by atoms with van der Waals surface area (Å²) in [6.45, 7) is 19.0. The van der Waals surface area contributed by atoms with Gasteiger partial charge >= 0.3 is 0 Å². The molecule has 0 fully saturated rings. The smallest absolute Gasteiger partial charge is 0.0668 e. The van der Waals surface area contributed by atoms with Crippen LogP contribution in [0.15, 0.2) is 0 Å². The molecule has 0 saturated heterocycles. The molecule has 1 heteroatoms. The Kier molecular flexibility index (Phi) is 4.95. The van der Waals surface area contributed by atoms with Gasteiger partial charge in [-0.15, -0.1) is 0 Å². The Hall–Kier alpha value is 0.0649. The quantitative estimate of drug-likeness (QED) is 0.556. The summed E-state index contributed by atoms with van der Waals surface area (Å²) in [7, 11) is 1.35. The highest BCUT2D eigenvalue weighted by atomic mass is 14.3. The largest absolute Gasteiger partial charge is 0.134 e. The third-order valence-corrected chi connectivity index (χ3v) is 3.62. The number of rotatable bonds is 5. The van der Waals surface area contributed by atoms with E-state index in [0.29, 0.717) is 16.0 Å². The fourth-order valence-corrected chi connectivity index (χ4v) is 3.15. The van der Waals surface area contributed by atoms with Gasteiger partial charge in [-0.25, -0.2) is 0 Å². The normalized spacial score (nSPS) is 14.1. The lowest BCUT2D eigenvalue weighted by Gasteiger charge is -2.38. The van der Waals surface area contributed by atoms with Crippen LogP contribution in [0.4, 0.5) is 0 Å². The maximum atomic E-state index is 2.44. The van der Waals surface area contributed by atoms with Gasteiger partial charge in [0.1, 0.15) is 7.28 Å². The molecule has 0 unspecified atom stereocenters. The summed E-state index contributed by atoms with van der Waals surface area (Å²) in [5.41, 5.74) is 0.450. The Balaban J connectivity index is 4.49. The van der Waals surface area contributed by atoms with Crippen molar-refractivity contribution in [1.29, 1.82) is 0 Å². The molecule has 0 N–H and O–H groups in total. The summed E-state index contributed by atoms with van der Waals surface area (Å²) < 4.78 is 0. The fraction of sp³-hybridized carbons (Fsp3) is 1.00. The Morgan fingerprint density at radius 2 is 1.20 bits per heavy atom. The minimum atomic E-state index is 0.450. The van der Waals surface area contributed by atoms with Gasteiger partial charge in [0.15, 0.2) is 0 Å². The van der Waals surface area contributed by atoms with Crippen LogP contribution in [-0.2, 0) is 0 Å². The summed E-state index contributed by atoms with van der Waals surface area (Å²) in [5, 5.41) is 1.01. The zero-order valence-corrected chi connectivity index (χ0v) is 12.3. The summed E-state index contributed by atoms with van der Waals surface area (Å²) in [6, 6.07) is 0. The topological polar surface area (TPSA) is 0 Å². The third kappa shape index (κ3) is 6.27. The zero-order valence-electron chi connectivity index (χ0n) is 12.3. The van der Waals surface area contributed by atoms with Crippen LogP contribution < -0.4 is 0 Å². The van der Waals surface area contributed by atoms with Crippen LogP contribution in [0, 0.1) is 5.41 Å². The Morgan fingerprint density at radius 3 is 1.47 bits per heavy atom. The molecule has 0 heterocycles.